The summed E-state index contributed by atoms with van der Waals surface area (Å²) in [6.45, 7) is 2.27. The van der Waals surface area contributed by atoms with Crippen LogP contribution in [0.5, 0.6) is 5.75 Å². The lowest BCUT2D eigenvalue weighted by Gasteiger charge is -2.28. The Bertz CT molecular complexity index is 787. The third kappa shape index (κ3) is 3.22. The van der Waals surface area contributed by atoms with E-state index in [9.17, 15) is 4.79 Å². The van der Waals surface area contributed by atoms with E-state index in [4.69, 9.17) is 9.72 Å². The second-order valence-corrected chi connectivity index (χ2v) is 6.56. The second kappa shape index (κ2) is 6.80. The molecule has 6 heteroatoms. The Labute approximate surface area is 147 Å². The monoisotopic (exact) mass is 338 g/mol. The fraction of sp³-hybridized carbons (Fsp3) is 0.421. The third-order valence-corrected chi connectivity index (χ3v) is 4.93. The maximum absolute atomic E-state index is 12.8. The molecule has 3 heterocycles. The predicted molar refractivity (Wildman–Crippen MR) is 93.4 cm³/mol. The number of methoxy groups -OCH3 is 1. The molecule has 2 aliphatic rings. The van der Waals surface area contributed by atoms with Crippen molar-refractivity contribution in [1.82, 2.24) is 20.2 Å². The predicted octanol–water partition coefficient (Wildman–Crippen LogP) is 2.11. The molecule has 1 unspecified atom stereocenters. The molecule has 6 nitrogen and oxygen atoms in total. The van der Waals surface area contributed by atoms with Gasteiger partial charge in [0.25, 0.3) is 5.91 Å². The molecule has 1 fully saturated rings. The van der Waals surface area contributed by atoms with Crippen LogP contribution >= 0.6 is 0 Å². The Morgan fingerprint density at radius 2 is 2.32 bits per heavy atom. The molecule has 4 rings (SSSR count). The Balaban J connectivity index is 1.51. The molecule has 1 atom stereocenters. The molecule has 0 saturated carbocycles. The minimum Gasteiger partial charge on any atom is -0.497 e. The quantitative estimate of drug-likeness (QED) is 0.928. The van der Waals surface area contributed by atoms with Crippen molar-refractivity contribution in [2.75, 3.05) is 20.2 Å². The summed E-state index contributed by atoms with van der Waals surface area (Å²) in [4.78, 5) is 23.9. The molecule has 1 aromatic heterocycles. The lowest BCUT2D eigenvalue weighted by Crippen LogP contribution is -2.36. The van der Waals surface area contributed by atoms with Gasteiger partial charge in [0.15, 0.2) is 0 Å². The molecule has 2 aliphatic heterocycles. The first kappa shape index (κ1) is 16.0. The Hall–Kier alpha value is -2.47. The minimum absolute atomic E-state index is 0.0195. The van der Waals surface area contributed by atoms with Crippen LogP contribution in [0.1, 0.15) is 46.3 Å². The maximum Gasteiger partial charge on any atom is 0.254 e. The highest BCUT2D eigenvalue weighted by Crippen LogP contribution is 2.24. The molecular weight excluding hydrogens is 316 g/mol. The van der Waals surface area contributed by atoms with Crippen LogP contribution in [-0.2, 0) is 13.0 Å². The van der Waals surface area contributed by atoms with Crippen LogP contribution in [0.3, 0.4) is 0 Å². The standard InChI is InChI=1S/C19H22N4O2/c1-25-15-5-2-4-13(10-15)19(24)23-9-7-16-14(12-23)11-21-18(22-16)17-6-3-8-20-17/h2,4-5,10-11,17,20H,3,6-9,12H2,1H3. The Kier molecular flexibility index (Phi) is 4.36. The minimum atomic E-state index is 0.0195. The Morgan fingerprint density at radius 3 is 3.12 bits per heavy atom. The van der Waals surface area contributed by atoms with E-state index in [2.05, 4.69) is 10.3 Å². The van der Waals surface area contributed by atoms with Gasteiger partial charge in [-0.25, -0.2) is 9.97 Å². The highest BCUT2D eigenvalue weighted by Gasteiger charge is 2.25. The molecule has 25 heavy (non-hydrogen) atoms. The fourth-order valence-corrected chi connectivity index (χ4v) is 3.52. The Morgan fingerprint density at radius 1 is 1.40 bits per heavy atom. The summed E-state index contributed by atoms with van der Waals surface area (Å²) in [7, 11) is 1.61. The molecule has 1 amide bonds. The summed E-state index contributed by atoms with van der Waals surface area (Å²) >= 11 is 0. The molecule has 0 radical (unpaired) electrons. The molecule has 0 bridgehead atoms. The van der Waals surface area contributed by atoms with Crippen LogP contribution in [0.15, 0.2) is 30.5 Å². The van der Waals surface area contributed by atoms with Gasteiger partial charge in [0.05, 0.1) is 18.8 Å². The van der Waals surface area contributed by atoms with Crippen molar-refractivity contribution >= 4 is 5.91 Å². The number of rotatable bonds is 3. The van der Waals surface area contributed by atoms with Crippen molar-refractivity contribution in [3.8, 4) is 5.75 Å². The van der Waals surface area contributed by atoms with Gasteiger partial charge in [-0.05, 0) is 37.6 Å². The van der Waals surface area contributed by atoms with Gasteiger partial charge in [0, 0.05) is 36.8 Å². The highest BCUT2D eigenvalue weighted by atomic mass is 16.5. The van der Waals surface area contributed by atoms with E-state index in [0.29, 0.717) is 24.4 Å². The van der Waals surface area contributed by atoms with Crippen LogP contribution in [0.25, 0.3) is 0 Å². The number of amides is 1. The van der Waals surface area contributed by atoms with Gasteiger partial charge < -0.3 is 15.0 Å². The number of hydrogen-bond donors (Lipinski definition) is 1. The van der Waals surface area contributed by atoms with E-state index in [1.54, 1.807) is 13.2 Å². The van der Waals surface area contributed by atoms with Crippen LogP contribution in [0.2, 0.25) is 0 Å². The summed E-state index contributed by atoms with van der Waals surface area (Å²) < 4.78 is 5.21. The SMILES string of the molecule is COc1cccc(C(=O)N2CCc3nc(C4CCCN4)ncc3C2)c1. The average Bonchev–Trinajstić information content (AvgIpc) is 3.21. The molecular formula is C19H22N4O2. The first-order valence-electron chi connectivity index (χ1n) is 8.76. The van der Waals surface area contributed by atoms with Gasteiger partial charge in [-0.3, -0.25) is 4.79 Å². The lowest BCUT2D eigenvalue weighted by molar-refractivity contribution is 0.0732. The lowest BCUT2D eigenvalue weighted by atomic mass is 10.1. The average molecular weight is 338 g/mol. The van der Waals surface area contributed by atoms with Gasteiger partial charge in [0.2, 0.25) is 0 Å². The van der Waals surface area contributed by atoms with Gasteiger partial charge >= 0.3 is 0 Å². The van der Waals surface area contributed by atoms with Gasteiger partial charge in [-0.2, -0.15) is 0 Å². The summed E-state index contributed by atoms with van der Waals surface area (Å²) in [5.74, 6) is 1.61. The van der Waals surface area contributed by atoms with E-state index in [0.717, 1.165) is 36.5 Å². The zero-order valence-corrected chi connectivity index (χ0v) is 14.4. The number of fused-ring (bicyclic) bond motifs is 1. The fourth-order valence-electron chi connectivity index (χ4n) is 3.52. The van der Waals surface area contributed by atoms with Gasteiger partial charge in [0.1, 0.15) is 11.6 Å². The van der Waals surface area contributed by atoms with Crippen LogP contribution in [0.4, 0.5) is 0 Å². The number of carbonyl (C=O) groups excluding carboxylic acids is 1. The summed E-state index contributed by atoms with van der Waals surface area (Å²) in [6, 6.07) is 7.57. The van der Waals surface area contributed by atoms with Crippen molar-refractivity contribution < 1.29 is 9.53 Å². The molecule has 1 saturated heterocycles. The van der Waals surface area contributed by atoms with E-state index < -0.39 is 0 Å². The van der Waals surface area contributed by atoms with Crippen molar-refractivity contribution in [2.24, 2.45) is 0 Å². The first-order chi connectivity index (χ1) is 12.2. The number of benzene rings is 1. The highest BCUT2D eigenvalue weighted by molar-refractivity contribution is 5.94. The van der Waals surface area contributed by atoms with Crippen molar-refractivity contribution in [2.45, 2.75) is 31.8 Å². The molecule has 130 valence electrons. The second-order valence-electron chi connectivity index (χ2n) is 6.56. The summed E-state index contributed by atoms with van der Waals surface area (Å²) in [5.41, 5.74) is 2.77. The third-order valence-electron chi connectivity index (χ3n) is 4.93. The topological polar surface area (TPSA) is 67.3 Å². The molecule has 2 aromatic rings. The van der Waals surface area contributed by atoms with Crippen LogP contribution < -0.4 is 10.1 Å². The summed E-state index contributed by atoms with van der Waals surface area (Å²) in [6.07, 6.45) is 4.93. The number of nitrogens with zero attached hydrogens (tertiary/aromatic N) is 3. The number of carbonyl (C=O) groups is 1. The first-order valence-corrected chi connectivity index (χ1v) is 8.76. The van der Waals surface area contributed by atoms with Crippen LogP contribution in [-0.4, -0.2) is 41.0 Å². The van der Waals surface area contributed by atoms with E-state index in [-0.39, 0.29) is 11.9 Å². The normalized spacial score (nSPS) is 19.6. The van der Waals surface area contributed by atoms with Crippen molar-refractivity contribution in [3.05, 3.63) is 53.1 Å². The van der Waals surface area contributed by atoms with Crippen molar-refractivity contribution in [1.29, 1.82) is 0 Å². The zero-order chi connectivity index (χ0) is 17.2. The van der Waals surface area contributed by atoms with E-state index in [1.165, 1.54) is 6.42 Å². The summed E-state index contributed by atoms with van der Waals surface area (Å²) in [5, 5.41) is 3.44. The zero-order valence-electron chi connectivity index (χ0n) is 14.4. The largest absolute Gasteiger partial charge is 0.497 e. The number of hydrogen-bond acceptors (Lipinski definition) is 5. The molecule has 1 N–H and O–H groups in total. The van der Waals surface area contributed by atoms with Gasteiger partial charge in [-0.15, -0.1) is 0 Å². The number of nitrogens with one attached hydrogen (secondary N) is 1. The number of ether oxygens (including phenoxy) is 1. The smallest absolute Gasteiger partial charge is 0.254 e. The maximum atomic E-state index is 12.8. The van der Waals surface area contributed by atoms with Crippen LogP contribution in [0, 0.1) is 0 Å². The van der Waals surface area contributed by atoms with E-state index in [1.807, 2.05) is 29.3 Å². The van der Waals surface area contributed by atoms with E-state index >= 15 is 0 Å². The number of aromatic nitrogens is 2. The molecule has 1 aromatic carbocycles. The molecule has 0 spiro atoms. The molecule has 0 aliphatic carbocycles. The van der Waals surface area contributed by atoms with Crippen molar-refractivity contribution in [3.63, 3.8) is 0 Å². The van der Waals surface area contributed by atoms with Gasteiger partial charge in [-0.1, -0.05) is 6.07 Å².